The van der Waals surface area contributed by atoms with Crippen LogP contribution in [0.2, 0.25) is 0 Å². The molecule has 284 valence electrons. The molecule has 0 aromatic heterocycles. The molecule has 0 unspecified atom stereocenters. The summed E-state index contributed by atoms with van der Waals surface area (Å²) in [5, 5.41) is 56.3. The van der Waals surface area contributed by atoms with Crippen molar-refractivity contribution in [1.29, 1.82) is 0 Å². The molecule has 0 aliphatic heterocycles. The third kappa shape index (κ3) is 6.00. The van der Waals surface area contributed by atoms with Crippen molar-refractivity contribution in [3.63, 3.8) is 0 Å². The molecule has 0 radical (unpaired) electrons. The van der Waals surface area contributed by atoms with Gasteiger partial charge in [0, 0.05) is 52.6 Å². The largest absolute Gasteiger partial charge is 0.478 e. The summed E-state index contributed by atoms with van der Waals surface area (Å²) >= 11 is 0. The van der Waals surface area contributed by atoms with Crippen LogP contribution in [0.15, 0.2) is 59.2 Å². The predicted octanol–water partition coefficient (Wildman–Crippen LogP) is 6.70. The Hall–Kier alpha value is -2.91. The van der Waals surface area contributed by atoms with E-state index in [0.717, 1.165) is 31.2 Å². The number of aliphatic hydroxyl groups is 4. The van der Waals surface area contributed by atoms with E-state index in [0.29, 0.717) is 30.4 Å². The fourth-order valence-electron chi connectivity index (χ4n) is 12.8. The molecule has 5 N–H and O–H groups in total. The zero-order valence-electron chi connectivity index (χ0n) is 31.8. The number of Topliss-reactive ketones (excluding diaryl/α,β-unsaturated/α-hetero) is 2. The molecule has 8 nitrogen and oxygen atoms in total. The van der Waals surface area contributed by atoms with Crippen LogP contribution in [0, 0.1) is 51.2 Å². The maximum atomic E-state index is 15.2. The van der Waals surface area contributed by atoms with Crippen LogP contribution in [0.1, 0.15) is 111 Å². The number of carboxylic acid groups (broad SMARTS) is 1. The molecule has 52 heavy (non-hydrogen) atoms. The van der Waals surface area contributed by atoms with Crippen molar-refractivity contribution >= 4 is 23.6 Å². The van der Waals surface area contributed by atoms with Crippen LogP contribution in [-0.4, -0.2) is 67.5 Å². The smallest absolute Gasteiger partial charge is 0.331 e. The quantitative estimate of drug-likeness (QED) is 0.168. The second kappa shape index (κ2) is 14.1. The Kier molecular flexibility index (Phi) is 10.5. The molecule has 6 rings (SSSR count). The molecule has 0 saturated heterocycles. The first-order valence-electron chi connectivity index (χ1n) is 19.6. The highest BCUT2D eigenvalue weighted by Crippen LogP contribution is 2.75. The highest BCUT2D eigenvalue weighted by Gasteiger charge is 2.74. The molecular formula is C44H60O8. The summed E-state index contributed by atoms with van der Waals surface area (Å²) in [6, 6.07) is 9.89. The molecule has 8 heteroatoms. The molecule has 5 aliphatic rings. The average Bonchev–Trinajstić information content (AvgIpc) is 3.69. The van der Waals surface area contributed by atoms with E-state index in [9.17, 15) is 35.1 Å². The van der Waals surface area contributed by atoms with E-state index in [1.165, 1.54) is 13.0 Å². The van der Waals surface area contributed by atoms with E-state index in [1.807, 2.05) is 63.3 Å². The summed E-state index contributed by atoms with van der Waals surface area (Å²) in [6.07, 6.45) is 6.98. The van der Waals surface area contributed by atoms with Crippen molar-refractivity contribution in [2.24, 2.45) is 51.2 Å². The fourth-order valence-corrected chi connectivity index (χ4v) is 12.8. The zero-order chi connectivity index (χ0) is 38.0. The summed E-state index contributed by atoms with van der Waals surface area (Å²) in [4.78, 5) is 40.8. The van der Waals surface area contributed by atoms with Crippen molar-refractivity contribution in [3.05, 3.63) is 64.8 Å². The molecule has 1 aromatic rings. The van der Waals surface area contributed by atoms with Crippen LogP contribution in [0.3, 0.4) is 0 Å². The second-order valence-corrected chi connectivity index (χ2v) is 18.1. The van der Waals surface area contributed by atoms with Crippen LogP contribution in [0.5, 0.6) is 0 Å². The predicted molar refractivity (Wildman–Crippen MR) is 200 cm³/mol. The molecule has 3 fully saturated rings. The standard InChI is InChI=1S/C44H60O8/c1-25(20-30(46)22-28(40(51)52)21-26(2)45)32-23-35(49)43(6)37-36(33(47)24-44(32,43)29-14-10-11-15-29)42(5)19-18-34(48)41(3,4)39(42)31(38(37)50)17-16-27-12-8-7-9-13-27/h7-9,12-13,16-17,22,25-26,29-32,35,38-39,45-46,49-50H,10-11,14-15,18-21,23-24H2,1-6H3,(H,51,52)/b17-16+,28-22+/t25-,26+,30+,31+,32-,35+,38-,39-,42-,43+,44+/m1/s1. The number of aliphatic carboxylic acids is 1. The number of hydrogen-bond donors (Lipinski definition) is 5. The topological polar surface area (TPSA) is 152 Å². The minimum absolute atomic E-state index is 0.0124. The van der Waals surface area contributed by atoms with Crippen LogP contribution < -0.4 is 0 Å². The van der Waals surface area contributed by atoms with Gasteiger partial charge < -0.3 is 25.5 Å². The number of benzene rings is 1. The van der Waals surface area contributed by atoms with Gasteiger partial charge in [0.1, 0.15) is 5.78 Å². The summed E-state index contributed by atoms with van der Waals surface area (Å²) < 4.78 is 0. The normalized spacial score (nSPS) is 38.2. The van der Waals surface area contributed by atoms with Gasteiger partial charge in [-0.05, 0) is 85.3 Å². The molecule has 1 aromatic carbocycles. The molecule has 11 atom stereocenters. The van der Waals surface area contributed by atoms with Gasteiger partial charge in [0.2, 0.25) is 0 Å². The van der Waals surface area contributed by atoms with E-state index in [2.05, 4.69) is 13.8 Å². The minimum Gasteiger partial charge on any atom is -0.478 e. The summed E-state index contributed by atoms with van der Waals surface area (Å²) in [5.74, 6) is -2.09. The second-order valence-electron chi connectivity index (χ2n) is 18.1. The Morgan fingerprint density at radius 1 is 1.00 bits per heavy atom. The van der Waals surface area contributed by atoms with E-state index in [4.69, 9.17) is 0 Å². The van der Waals surface area contributed by atoms with Gasteiger partial charge in [0.15, 0.2) is 5.78 Å². The number of ketones is 2. The number of carbonyl (C=O) groups excluding carboxylic acids is 2. The van der Waals surface area contributed by atoms with E-state index in [-0.39, 0.29) is 60.1 Å². The number of carboxylic acids is 1. The number of allylic oxidation sites excluding steroid dienone is 1. The number of rotatable bonds is 10. The van der Waals surface area contributed by atoms with Crippen molar-refractivity contribution in [3.8, 4) is 0 Å². The first kappa shape index (κ1) is 38.8. The Morgan fingerprint density at radius 3 is 2.27 bits per heavy atom. The third-order valence-corrected chi connectivity index (χ3v) is 14.9. The van der Waals surface area contributed by atoms with Gasteiger partial charge in [0.05, 0.1) is 24.4 Å². The van der Waals surface area contributed by atoms with Gasteiger partial charge in [-0.25, -0.2) is 4.79 Å². The first-order valence-corrected chi connectivity index (χ1v) is 19.6. The lowest BCUT2D eigenvalue weighted by Gasteiger charge is -2.64. The molecular weight excluding hydrogens is 656 g/mol. The molecule has 0 heterocycles. The lowest BCUT2D eigenvalue weighted by Crippen LogP contribution is -2.64. The summed E-state index contributed by atoms with van der Waals surface area (Å²) in [5.41, 5.74) is -0.894. The lowest BCUT2D eigenvalue weighted by atomic mass is 9.38. The molecule has 5 aliphatic carbocycles. The number of aliphatic hydroxyl groups excluding tert-OH is 4. The maximum Gasteiger partial charge on any atom is 0.331 e. The van der Waals surface area contributed by atoms with E-state index in [1.54, 1.807) is 0 Å². The number of carbonyl (C=O) groups is 3. The molecule has 0 spiro atoms. The van der Waals surface area contributed by atoms with Gasteiger partial charge in [-0.3, -0.25) is 9.59 Å². The van der Waals surface area contributed by atoms with Gasteiger partial charge in [-0.15, -0.1) is 0 Å². The molecule has 0 bridgehead atoms. The lowest BCUT2D eigenvalue weighted by molar-refractivity contribution is -0.154. The zero-order valence-corrected chi connectivity index (χ0v) is 31.8. The fraction of sp³-hybridized carbons (Fsp3) is 0.659. The first-order chi connectivity index (χ1) is 24.4. The van der Waals surface area contributed by atoms with Crippen molar-refractivity contribution < 1.29 is 39.9 Å². The maximum absolute atomic E-state index is 15.2. The number of fused-ring (bicyclic) bond motifs is 4. The van der Waals surface area contributed by atoms with Gasteiger partial charge in [-0.2, -0.15) is 0 Å². The SMILES string of the molecule is C[C@H](O)C/C(=C\[C@@H](O)C[C@@H](C)[C@H]1C[C@H](O)[C@@]2(C)C3=C(C(=O)C[C@]12C1CCCC1)[C@@]1(C)CCC(=O)C(C)(C)[C@H]1[C@@H](/C=C/c1ccccc1)[C@H]3O)C(=O)O. The highest BCUT2D eigenvalue weighted by atomic mass is 16.4. The number of hydrogen-bond acceptors (Lipinski definition) is 7. The molecule has 0 amide bonds. The minimum atomic E-state index is -1.18. The van der Waals surface area contributed by atoms with Crippen molar-refractivity contribution in [1.82, 2.24) is 0 Å². The van der Waals surface area contributed by atoms with Crippen molar-refractivity contribution in [2.75, 3.05) is 0 Å². The Labute approximate surface area is 309 Å². The summed E-state index contributed by atoms with van der Waals surface area (Å²) in [7, 11) is 0. The highest BCUT2D eigenvalue weighted by molar-refractivity contribution is 6.01. The third-order valence-electron chi connectivity index (χ3n) is 14.9. The van der Waals surface area contributed by atoms with Gasteiger partial charge in [0.25, 0.3) is 0 Å². The van der Waals surface area contributed by atoms with Crippen LogP contribution in [0.25, 0.3) is 6.08 Å². The van der Waals surface area contributed by atoms with Gasteiger partial charge >= 0.3 is 5.97 Å². The Bertz CT molecular complexity index is 1650. The molecule has 3 saturated carbocycles. The van der Waals surface area contributed by atoms with Crippen molar-refractivity contribution in [2.45, 2.75) is 130 Å². The monoisotopic (exact) mass is 716 g/mol. The van der Waals surface area contributed by atoms with Crippen LogP contribution in [-0.2, 0) is 14.4 Å². The average molecular weight is 717 g/mol. The summed E-state index contributed by atoms with van der Waals surface area (Å²) in [6.45, 7) is 11.7. The van der Waals surface area contributed by atoms with E-state index < -0.39 is 58.0 Å². The van der Waals surface area contributed by atoms with Crippen LogP contribution in [0.4, 0.5) is 0 Å². The Balaban J connectivity index is 1.50. The van der Waals surface area contributed by atoms with Gasteiger partial charge in [-0.1, -0.05) is 89.9 Å². The van der Waals surface area contributed by atoms with E-state index >= 15 is 4.79 Å². The Morgan fingerprint density at radius 2 is 1.65 bits per heavy atom. The van der Waals surface area contributed by atoms with Crippen LogP contribution >= 0.6 is 0 Å².